The smallest absolute Gasteiger partial charge is 0.159 e. The molecule has 0 bridgehead atoms. The molecule has 0 aliphatic carbocycles. The highest BCUT2D eigenvalue weighted by Crippen LogP contribution is 2.25. The van der Waals surface area contributed by atoms with E-state index in [9.17, 15) is 4.79 Å². The zero-order valence-electron chi connectivity index (χ0n) is 8.95. The maximum Gasteiger partial charge on any atom is 0.159 e. The molecule has 80 valence electrons. The van der Waals surface area contributed by atoms with Crippen molar-refractivity contribution < 1.29 is 14.3 Å². The lowest BCUT2D eigenvalue weighted by atomic mass is 10.1. The second kappa shape index (κ2) is 3.66. The van der Waals surface area contributed by atoms with Crippen LogP contribution in [-0.2, 0) is 4.74 Å². The molecule has 1 aromatic carbocycles. The van der Waals surface area contributed by atoms with Gasteiger partial charge in [0, 0.05) is 5.56 Å². The van der Waals surface area contributed by atoms with Crippen LogP contribution >= 0.6 is 0 Å². The molecular weight excluding hydrogens is 192 g/mol. The Kier molecular flexibility index (Phi) is 2.49. The molecule has 3 heteroatoms. The molecule has 0 saturated carbocycles. The molecule has 0 aromatic heterocycles. The predicted octanol–water partition coefficient (Wildman–Crippen LogP) is 2.06. The molecule has 0 radical (unpaired) electrons. The largest absolute Gasteiger partial charge is 0.483 e. The maximum atomic E-state index is 11.0. The SMILES string of the molecule is CC(=O)c1ccc(OC2(C)COC2)cc1. The van der Waals surface area contributed by atoms with E-state index in [2.05, 4.69) is 0 Å². The summed E-state index contributed by atoms with van der Waals surface area (Å²) < 4.78 is 10.8. The summed E-state index contributed by atoms with van der Waals surface area (Å²) >= 11 is 0. The minimum Gasteiger partial charge on any atom is -0.483 e. The lowest BCUT2D eigenvalue weighted by Gasteiger charge is -2.38. The van der Waals surface area contributed by atoms with Crippen LogP contribution < -0.4 is 4.74 Å². The van der Waals surface area contributed by atoms with Crippen LogP contribution in [0.25, 0.3) is 0 Å². The van der Waals surface area contributed by atoms with Gasteiger partial charge in [0.05, 0.1) is 13.2 Å². The highest BCUT2D eigenvalue weighted by molar-refractivity contribution is 5.94. The van der Waals surface area contributed by atoms with E-state index in [1.165, 1.54) is 0 Å². The summed E-state index contributed by atoms with van der Waals surface area (Å²) in [4.78, 5) is 11.0. The van der Waals surface area contributed by atoms with E-state index in [1.54, 1.807) is 19.1 Å². The van der Waals surface area contributed by atoms with Crippen LogP contribution in [0.15, 0.2) is 24.3 Å². The van der Waals surface area contributed by atoms with Gasteiger partial charge in [-0.3, -0.25) is 4.79 Å². The van der Waals surface area contributed by atoms with Crippen molar-refractivity contribution in [2.45, 2.75) is 19.4 Å². The molecular formula is C12H14O3. The van der Waals surface area contributed by atoms with Gasteiger partial charge in [-0.15, -0.1) is 0 Å². The third kappa shape index (κ3) is 2.18. The molecule has 1 fully saturated rings. The monoisotopic (exact) mass is 206 g/mol. The fourth-order valence-corrected chi connectivity index (χ4v) is 1.49. The molecule has 0 spiro atoms. The molecule has 15 heavy (non-hydrogen) atoms. The zero-order valence-corrected chi connectivity index (χ0v) is 8.95. The lowest BCUT2D eigenvalue weighted by Crippen LogP contribution is -2.51. The van der Waals surface area contributed by atoms with E-state index >= 15 is 0 Å². The summed E-state index contributed by atoms with van der Waals surface area (Å²) in [5.41, 5.74) is 0.509. The lowest BCUT2D eigenvalue weighted by molar-refractivity contribution is -0.149. The molecule has 0 N–H and O–H groups in total. The Morgan fingerprint density at radius 1 is 1.33 bits per heavy atom. The first-order valence-corrected chi connectivity index (χ1v) is 4.97. The number of Topliss-reactive ketones (excluding diaryl/α,β-unsaturated/α-hetero) is 1. The fourth-order valence-electron chi connectivity index (χ4n) is 1.49. The number of hydrogen-bond donors (Lipinski definition) is 0. The van der Waals surface area contributed by atoms with Crippen molar-refractivity contribution in [3.8, 4) is 5.75 Å². The Hall–Kier alpha value is -1.35. The third-order valence-electron chi connectivity index (χ3n) is 2.44. The number of ether oxygens (including phenoxy) is 2. The Labute approximate surface area is 89.0 Å². The van der Waals surface area contributed by atoms with Crippen molar-refractivity contribution in [2.75, 3.05) is 13.2 Å². The van der Waals surface area contributed by atoms with Crippen molar-refractivity contribution in [2.24, 2.45) is 0 Å². The van der Waals surface area contributed by atoms with Gasteiger partial charge in [0.25, 0.3) is 0 Å². The highest BCUT2D eigenvalue weighted by Gasteiger charge is 2.35. The van der Waals surface area contributed by atoms with Gasteiger partial charge in [-0.1, -0.05) is 0 Å². The summed E-state index contributed by atoms with van der Waals surface area (Å²) in [6, 6.07) is 7.20. The van der Waals surface area contributed by atoms with Gasteiger partial charge >= 0.3 is 0 Å². The van der Waals surface area contributed by atoms with Crippen LogP contribution in [0.1, 0.15) is 24.2 Å². The summed E-state index contributed by atoms with van der Waals surface area (Å²) in [6.07, 6.45) is 0. The molecule has 1 saturated heterocycles. The Morgan fingerprint density at radius 2 is 1.93 bits per heavy atom. The number of benzene rings is 1. The third-order valence-corrected chi connectivity index (χ3v) is 2.44. The van der Waals surface area contributed by atoms with Gasteiger partial charge < -0.3 is 9.47 Å². The first kappa shape index (κ1) is 10.2. The van der Waals surface area contributed by atoms with Gasteiger partial charge in [0.2, 0.25) is 0 Å². The Morgan fingerprint density at radius 3 is 2.33 bits per heavy atom. The minimum atomic E-state index is -0.197. The predicted molar refractivity (Wildman–Crippen MR) is 56.3 cm³/mol. The van der Waals surface area contributed by atoms with E-state index in [4.69, 9.17) is 9.47 Å². The average Bonchev–Trinajstić information content (AvgIpc) is 2.16. The van der Waals surface area contributed by atoms with Crippen LogP contribution in [0, 0.1) is 0 Å². The molecule has 0 unspecified atom stereocenters. The number of rotatable bonds is 3. The summed E-state index contributed by atoms with van der Waals surface area (Å²) in [5, 5.41) is 0. The quantitative estimate of drug-likeness (QED) is 0.710. The summed E-state index contributed by atoms with van der Waals surface area (Å²) in [7, 11) is 0. The standard InChI is InChI=1S/C12H14O3/c1-9(13)10-3-5-11(6-4-10)15-12(2)7-14-8-12/h3-6H,7-8H2,1-2H3. The topological polar surface area (TPSA) is 35.5 Å². The van der Waals surface area contributed by atoms with E-state index in [1.807, 2.05) is 19.1 Å². The maximum absolute atomic E-state index is 11.0. The molecule has 0 amide bonds. The van der Waals surface area contributed by atoms with Gasteiger partial charge in [-0.05, 0) is 38.1 Å². The van der Waals surface area contributed by atoms with Crippen LogP contribution in [0.4, 0.5) is 0 Å². The van der Waals surface area contributed by atoms with Crippen LogP contribution in [-0.4, -0.2) is 24.6 Å². The van der Waals surface area contributed by atoms with Crippen LogP contribution in [0.3, 0.4) is 0 Å². The van der Waals surface area contributed by atoms with E-state index in [0.29, 0.717) is 18.8 Å². The Bertz CT molecular complexity index is 363. The fraction of sp³-hybridized carbons (Fsp3) is 0.417. The van der Waals surface area contributed by atoms with E-state index < -0.39 is 0 Å². The molecule has 1 aromatic rings. The molecule has 1 aliphatic rings. The van der Waals surface area contributed by atoms with Crippen LogP contribution in [0.5, 0.6) is 5.75 Å². The van der Waals surface area contributed by atoms with Gasteiger partial charge in [-0.25, -0.2) is 0 Å². The van der Waals surface area contributed by atoms with Crippen molar-refractivity contribution in [3.63, 3.8) is 0 Å². The summed E-state index contributed by atoms with van der Waals surface area (Å²) in [6.45, 7) is 4.81. The number of hydrogen-bond acceptors (Lipinski definition) is 3. The second-order valence-corrected chi connectivity index (χ2v) is 4.13. The molecule has 1 heterocycles. The van der Waals surface area contributed by atoms with Crippen molar-refractivity contribution in [3.05, 3.63) is 29.8 Å². The van der Waals surface area contributed by atoms with E-state index in [0.717, 1.165) is 5.75 Å². The summed E-state index contributed by atoms with van der Waals surface area (Å²) in [5.74, 6) is 0.852. The van der Waals surface area contributed by atoms with Crippen molar-refractivity contribution >= 4 is 5.78 Å². The van der Waals surface area contributed by atoms with Gasteiger partial charge in [-0.2, -0.15) is 0 Å². The second-order valence-electron chi connectivity index (χ2n) is 4.13. The van der Waals surface area contributed by atoms with Gasteiger partial charge in [0.15, 0.2) is 11.4 Å². The molecule has 3 nitrogen and oxygen atoms in total. The van der Waals surface area contributed by atoms with Crippen molar-refractivity contribution in [1.82, 2.24) is 0 Å². The molecule has 2 rings (SSSR count). The van der Waals surface area contributed by atoms with Crippen molar-refractivity contribution in [1.29, 1.82) is 0 Å². The first-order chi connectivity index (χ1) is 7.09. The van der Waals surface area contributed by atoms with E-state index in [-0.39, 0.29) is 11.4 Å². The molecule has 0 atom stereocenters. The average molecular weight is 206 g/mol. The Balaban J connectivity index is 2.07. The minimum absolute atomic E-state index is 0.0692. The number of carbonyl (C=O) groups excluding carboxylic acids is 1. The molecule has 1 aliphatic heterocycles. The number of carbonyl (C=O) groups is 1. The van der Waals surface area contributed by atoms with Crippen LogP contribution in [0.2, 0.25) is 0 Å². The van der Waals surface area contributed by atoms with Gasteiger partial charge in [0.1, 0.15) is 5.75 Å². The normalized spacial score (nSPS) is 18.0. The first-order valence-electron chi connectivity index (χ1n) is 4.97. The zero-order chi connectivity index (χ0) is 10.9. The highest BCUT2D eigenvalue weighted by atomic mass is 16.6. The number of ketones is 1.